The first-order valence-corrected chi connectivity index (χ1v) is 10.2. The zero-order chi connectivity index (χ0) is 20.5. The molecule has 29 heavy (non-hydrogen) atoms. The van der Waals surface area contributed by atoms with Gasteiger partial charge < -0.3 is 15.5 Å². The normalized spacial score (nSPS) is 17.9. The van der Waals surface area contributed by atoms with E-state index in [9.17, 15) is 4.79 Å². The first kappa shape index (κ1) is 19.3. The molecule has 2 N–H and O–H groups in total. The highest BCUT2D eigenvalue weighted by Crippen LogP contribution is 2.38. The number of nitrogens with zero attached hydrogens (tertiary/aromatic N) is 3. The van der Waals surface area contributed by atoms with Crippen molar-refractivity contribution in [2.75, 3.05) is 17.9 Å². The van der Waals surface area contributed by atoms with Crippen molar-refractivity contribution in [1.29, 1.82) is 0 Å². The molecule has 2 atom stereocenters. The second-order valence-corrected chi connectivity index (χ2v) is 8.26. The van der Waals surface area contributed by atoms with Gasteiger partial charge in [-0.15, -0.1) is 10.2 Å². The Balaban J connectivity index is 1.66. The number of rotatable bonds is 4. The quantitative estimate of drug-likeness (QED) is 0.685. The van der Waals surface area contributed by atoms with Crippen molar-refractivity contribution in [3.63, 3.8) is 0 Å². The number of carbonyl (C=O) groups is 1. The summed E-state index contributed by atoms with van der Waals surface area (Å²) in [5.41, 5.74) is 7.40. The monoisotopic (exact) mass is 409 g/mol. The summed E-state index contributed by atoms with van der Waals surface area (Å²) in [4.78, 5) is 13.3. The number of amides is 1. The zero-order valence-electron chi connectivity index (χ0n) is 16.8. The second-order valence-electron chi connectivity index (χ2n) is 7.15. The van der Waals surface area contributed by atoms with Crippen LogP contribution < -0.4 is 15.5 Å². The Bertz CT molecular complexity index is 1030. The summed E-state index contributed by atoms with van der Waals surface area (Å²) in [6.45, 7) is 5.92. The molecule has 8 heteroatoms. The number of methoxy groups -OCH3 is 1. The molecule has 1 amide bonds. The summed E-state index contributed by atoms with van der Waals surface area (Å²) in [5, 5.41) is 11.7. The Labute approximate surface area is 173 Å². The summed E-state index contributed by atoms with van der Waals surface area (Å²) in [6.07, 6.45) is 0. The van der Waals surface area contributed by atoms with Crippen molar-refractivity contribution in [2.24, 2.45) is 0 Å². The van der Waals surface area contributed by atoms with Crippen molar-refractivity contribution in [3.8, 4) is 5.75 Å². The summed E-state index contributed by atoms with van der Waals surface area (Å²) >= 11 is 1.41. The van der Waals surface area contributed by atoms with Crippen LogP contribution in [-0.2, 0) is 4.79 Å². The molecule has 0 spiro atoms. The van der Waals surface area contributed by atoms with Crippen LogP contribution in [0.2, 0.25) is 0 Å². The van der Waals surface area contributed by atoms with E-state index in [2.05, 4.69) is 27.0 Å². The van der Waals surface area contributed by atoms with Crippen LogP contribution in [0, 0.1) is 20.8 Å². The lowest BCUT2D eigenvalue weighted by molar-refractivity contribution is -0.116. The fraction of sp³-hybridized carbons (Fsp3) is 0.286. The van der Waals surface area contributed by atoms with E-state index in [4.69, 9.17) is 4.74 Å². The standard InChI is InChI=1S/C21H23N5O2S/c1-12-9-13(2)11-16(10-12)22-20(27)19-18(15-5-7-17(28-4)8-6-15)25-26-14(3)23-24-21(26)29-19/h5-11,18-19,25H,1-4H3,(H,22,27)/t18-,19-/m1/s1. The Hall–Kier alpha value is -3.00. The molecule has 2 aromatic carbocycles. The van der Waals surface area contributed by atoms with E-state index < -0.39 is 5.25 Å². The van der Waals surface area contributed by atoms with E-state index in [0.29, 0.717) is 5.16 Å². The number of carbonyl (C=O) groups excluding carboxylic acids is 1. The molecule has 0 saturated heterocycles. The number of nitrogens with one attached hydrogen (secondary N) is 2. The van der Waals surface area contributed by atoms with Crippen LogP contribution in [0.25, 0.3) is 0 Å². The number of fused-ring (bicyclic) bond motifs is 1. The maximum Gasteiger partial charge on any atom is 0.240 e. The van der Waals surface area contributed by atoms with Gasteiger partial charge in [-0.25, -0.2) is 4.68 Å². The molecule has 2 heterocycles. The number of thioether (sulfide) groups is 1. The Morgan fingerprint density at radius 1 is 1.10 bits per heavy atom. The lowest BCUT2D eigenvalue weighted by Crippen LogP contribution is -2.41. The fourth-order valence-electron chi connectivity index (χ4n) is 3.48. The highest BCUT2D eigenvalue weighted by Gasteiger charge is 2.37. The lowest BCUT2D eigenvalue weighted by atomic mass is 10.0. The number of aromatic nitrogens is 3. The van der Waals surface area contributed by atoms with E-state index in [1.807, 2.05) is 61.8 Å². The van der Waals surface area contributed by atoms with Crippen LogP contribution in [0.5, 0.6) is 5.75 Å². The molecular formula is C21H23N5O2S. The van der Waals surface area contributed by atoms with Gasteiger partial charge in [0.05, 0.1) is 13.2 Å². The largest absolute Gasteiger partial charge is 0.497 e. The number of aryl methyl sites for hydroxylation is 3. The maximum atomic E-state index is 13.3. The van der Waals surface area contributed by atoms with Gasteiger partial charge in [0.25, 0.3) is 0 Å². The second kappa shape index (κ2) is 7.79. The van der Waals surface area contributed by atoms with Crippen LogP contribution in [-0.4, -0.2) is 33.1 Å². The molecule has 0 unspecified atom stereocenters. The zero-order valence-corrected chi connectivity index (χ0v) is 17.6. The van der Waals surface area contributed by atoms with Gasteiger partial charge in [-0.2, -0.15) is 0 Å². The minimum atomic E-state index is -0.416. The molecule has 0 fully saturated rings. The van der Waals surface area contributed by atoms with Crippen molar-refractivity contribution in [2.45, 2.75) is 37.2 Å². The summed E-state index contributed by atoms with van der Waals surface area (Å²) in [6, 6.07) is 13.5. The molecule has 3 aromatic rings. The SMILES string of the molecule is COc1ccc([C@H]2Nn3c(C)nnc3S[C@H]2C(=O)Nc2cc(C)cc(C)c2)cc1. The topological polar surface area (TPSA) is 81.1 Å². The van der Waals surface area contributed by atoms with Crippen LogP contribution >= 0.6 is 11.8 Å². The van der Waals surface area contributed by atoms with Crippen LogP contribution in [0.1, 0.15) is 28.6 Å². The molecule has 7 nitrogen and oxygen atoms in total. The molecule has 0 radical (unpaired) electrons. The lowest BCUT2D eigenvalue weighted by Gasteiger charge is -2.32. The first-order valence-electron chi connectivity index (χ1n) is 9.33. The smallest absolute Gasteiger partial charge is 0.240 e. The van der Waals surface area contributed by atoms with Gasteiger partial charge in [0, 0.05) is 5.69 Å². The molecule has 4 rings (SSSR count). The number of benzene rings is 2. The first-order chi connectivity index (χ1) is 13.9. The third-order valence-electron chi connectivity index (χ3n) is 4.82. The molecule has 0 bridgehead atoms. The van der Waals surface area contributed by atoms with Crippen LogP contribution in [0.4, 0.5) is 5.69 Å². The molecular weight excluding hydrogens is 386 g/mol. The van der Waals surface area contributed by atoms with Crippen LogP contribution in [0.15, 0.2) is 47.6 Å². The van der Waals surface area contributed by atoms with Crippen molar-refractivity contribution in [3.05, 3.63) is 65.0 Å². The van der Waals surface area contributed by atoms with Crippen molar-refractivity contribution in [1.82, 2.24) is 14.9 Å². The number of anilines is 1. The number of hydrogen-bond acceptors (Lipinski definition) is 6. The number of hydrogen-bond donors (Lipinski definition) is 2. The third kappa shape index (κ3) is 3.93. The number of ether oxygens (including phenoxy) is 1. The summed E-state index contributed by atoms with van der Waals surface area (Å²) in [5.74, 6) is 1.44. The van der Waals surface area contributed by atoms with E-state index in [0.717, 1.165) is 34.0 Å². The van der Waals surface area contributed by atoms with Crippen molar-refractivity contribution < 1.29 is 9.53 Å². The van der Waals surface area contributed by atoms with Gasteiger partial charge in [0.1, 0.15) is 16.8 Å². The minimum Gasteiger partial charge on any atom is -0.497 e. The van der Waals surface area contributed by atoms with Crippen LogP contribution in [0.3, 0.4) is 0 Å². The van der Waals surface area contributed by atoms with Crippen molar-refractivity contribution >= 4 is 23.4 Å². The van der Waals surface area contributed by atoms with Gasteiger partial charge in [-0.1, -0.05) is 30.0 Å². The highest BCUT2D eigenvalue weighted by molar-refractivity contribution is 8.00. The summed E-state index contributed by atoms with van der Waals surface area (Å²) in [7, 11) is 1.64. The van der Waals surface area contributed by atoms with Gasteiger partial charge >= 0.3 is 0 Å². The Kier molecular flexibility index (Phi) is 5.19. The molecule has 150 valence electrons. The molecule has 0 saturated carbocycles. The van der Waals surface area contributed by atoms with E-state index in [-0.39, 0.29) is 11.9 Å². The molecule has 1 aromatic heterocycles. The van der Waals surface area contributed by atoms with Gasteiger partial charge in [0.15, 0.2) is 0 Å². The van der Waals surface area contributed by atoms with E-state index in [1.54, 1.807) is 7.11 Å². The Morgan fingerprint density at radius 3 is 2.45 bits per heavy atom. The van der Waals surface area contributed by atoms with E-state index >= 15 is 0 Å². The Morgan fingerprint density at radius 2 is 1.79 bits per heavy atom. The average molecular weight is 410 g/mol. The van der Waals surface area contributed by atoms with Gasteiger partial charge in [-0.3, -0.25) is 4.79 Å². The summed E-state index contributed by atoms with van der Waals surface area (Å²) < 4.78 is 7.10. The fourth-order valence-corrected chi connectivity index (χ4v) is 4.61. The predicted octanol–water partition coefficient (Wildman–Crippen LogP) is 3.61. The third-order valence-corrected chi connectivity index (χ3v) is 6.04. The van der Waals surface area contributed by atoms with E-state index in [1.165, 1.54) is 11.8 Å². The molecule has 0 aliphatic carbocycles. The highest BCUT2D eigenvalue weighted by atomic mass is 32.2. The molecule has 1 aliphatic heterocycles. The molecule has 1 aliphatic rings. The minimum absolute atomic E-state index is 0.0831. The predicted molar refractivity (Wildman–Crippen MR) is 114 cm³/mol. The van der Waals surface area contributed by atoms with Gasteiger partial charge in [-0.05, 0) is 61.7 Å². The maximum absolute atomic E-state index is 13.3. The average Bonchev–Trinajstić information content (AvgIpc) is 3.06. The van der Waals surface area contributed by atoms with Gasteiger partial charge in [0.2, 0.25) is 11.1 Å².